The van der Waals surface area contributed by atoms with Crippen LogP contribution in [0.5, 0.6) is 0 Å². The lowest BCUT2D eigenvalue weighted by atomic mass is 10.2. The minimum Gasteiger partial charge on any atom is -0.370 e. The molecule has 0 atom stereocenters. The van der Waals surface area contributed by atoms with E-state index in [1.807, 2.05) is 32.3 Å². The van der Waals surface area contributed by atoms with Gasteiger partial charge in [-0.25, -0.2) is 9.37 Å². The van der Waals surface area contributed by atoms with Crippen LogP contribution in [0.2, 0.25) is 0 Å². The lowest BCUT2D eigenvalue weighted by Gasteiger charge is -2.17. The molecule has 3 nitrogen and oxygen atoms in total. The molecule has 0 aliphatic rings. The first-order valence-corrected chi connectivity index (χ1v) is 6.79. The van der Waals surface area contributed by atoms with Gasteiger partial charge < -0.3 is 5.32 Å². The number of anilines is 1. The van der Waals surface area contributed by atoms with Gasteiger partial charge in [0.05, 0.1) is 0 Å². The van der Waals surface area contributed by atoms with Gasteiger partial charge in [-0.2, -0.15) is 0 Å². The van der Waals surface area contributed by atoms with E-state index in [1.165, 1.54) is 6.07 Å². The van der Waals surface area contributed by atoms with Gasteiger partial charge in [0.2, 0.25) is 0 Å². The van der Waals surface area contributed by atoms with Crippen LogP contribution in [-0.2, 0) is 13.1 Å². The van der Waals surface area contributed by atoms with Gasteiger partial charge in [0.25, 0.3) is 0 Å². The molecule has 0 aliphatic carbocycles. The van der Waals surface area contributed by atoms with E-state index < -0.39 is 0 Å². The fourth-order valence-corrected chi connectivity index (χ4v) is 2.12. The maximum absolute atomic E-state index is 13.1. The van der Waals surface area contributed by atoms with Crippen molar-refractivity contribution in [3.8, 4) is 0 Å². The Morgan fingerprint density at radius 3 is 2.60 bits per heavy atom. The van der Waals surface area contributed by atoms with E-state index >= 15 is 0 Å². The summed E-state index contributed by atoms with van der Waals surface area (Å²) in [7, 11) is 2.02. The van der Waals surface area contributed by atoms with Crippen molar-refractivity contribution in [1.29, 1.82) is 0 Å². The third-order valence-electron chi connectivity index (χ3n) is 2.98. The third kappa shape index (κ3) is 4.31. The van der Waals surface area contributed by atoms with Gasteiger partial charge >= 0.3 is 0 Å². The molecule has 2 rings (SSSR count). The molecule has 0 bridgehead atoms. The molecule has 4 heteroatoms. The molecule has 0 saturated carbocycles. The van der Waals surface area contributed by atoms with E-state index in [2.05, 4.69) is 21.3 Å². The fraction of sp³-hybridized carbons (Fsp3) is 0.312. The van der Waals surface area contributed by atoms with Gasteiger partial charge in [-0.3, -0.25) is 4.90 Å². The molecule has 0 aliphatic heterocycles. The zero-order chi connectivity index (χ0) is 14.4. The molecular weight excluding hydrogens is 253 g/mol. The predicted molar refractivity (Wildman–Crippen MR) is 80.0 cm³/mol. The maximum atomic E-state index is 13.1. The molecule has 0 amide bonds. The Kier molecular flexibility index (Phi) is 5.07. The Labute approximate surface area is 119 Å². The first kappa shape index (κ1) is 14.5. The van der Waals surface area contributed by atoms with E-state index in [1.54, 1.807) is 12.1 Å². The summed E-state index contributed by atoms with van der Waals surface area (Å²) in [6.07, 6.45) is 1.88. The maximum Gasteiger partial charge on any atom is 0.125 e. The summed E-state index contributed by atoms with van der Waals surface area (Å²) < 4.78 is 13.1. The average Bonchev–Trinajstić information content (AvgIpc) is 2.41. The lowest BCUT2D eigenvalue weighted by Crippen LogP contribution is -2.17. The van der Waals surface area contributed by atoms with Crippen LogP contribution < -0.4 is 5.32 Å². The molecular formula is C16H20FN3. The van der Waals surface area contributed by atoms with Crippen molar-refractivity contribution < 1.29 is 4.39 Å². The number of aromatic nitrogens is 1. The Balaban J connectivity index is 1.92. The Hall–Kier alpha value is -1.94. The molecule has 0 saturated heterocycles. The number of hydrogen-bond donors (Lipinski definition) is 1. The highest BCUT2D eigenvalue weighted by Gasteiger charge is 2.03. The van der Waals surface area contributed by atoms with Crippen LogP contribution in [0.1, 0.15) is 18.1 Å². The van der Waals surface area contributed by atoms with Gasteiger partial charge in [0.1, 0.15) is 11.6 Å². The number of rotatable bonds is 6. The highest BCUT2D eigenvalue weighted by atomic mass is 19.1. The van der Waals surface area contributed by atoms with Gasteiger partial charge in [-0.05, 0) is 43.3 Å². The van der Waals surface area contributed by atoms with Crippen LogP contribution in [0.25, 0.3) is 0 Å². The average molecular weight is 273 g/mol. The van der Waals surface area contributed by atoms with E-state index in [4.69, 9.17) is 0 Å². The van der Waals surface area contributed by atoms with Crippen molar-refractivity contribution in [2.45, 2.75) is 20.0 Å². The first-order chi connectivity index (χ1) is 9.67. The van der Waals surface area contributed by atoms with Crippen LogP contribution in [0.3, 0.4) is 0 Å². The Morgan fingerprint density at radius 1 is 1.15 bits per heavy atom. The van der Waals surface area contributed by atoms with E-state index in [0.717, 1.165) is 30.0 Å². The van der Waals surface area contributed by atoms with Crippen LogP contribution in [0, 0.1) is 5.82 Å². The fourth-order valence-electron chi connectivity index (χ4n) is 2.12. The largest absolute Gasteiger partial charge is 0.370 e. The smallest absolute Gasteiger partial charge is 0.125 e. The highest BCUT2D eigenvalue weighted by molar-refractivity contribution is 5.35. The topological polar surface area (TPSA) is 28.2 Å². The quantitative estimate of drug-likeness (QED) is 0.875. The van der Waals surface area contributed by atoms with Gasteiger partial charge in [-0.15, -0.1) is 0 Å². The molecule has 0 radical (unpaired) electrons. The molecule has 106 valence electrons. The summed E-state index contributed by atoms with van der Waals surface area (Å²) >= 11 is 0. The Morgan fingerprint density at radius 2 is 1.95 bits per heavy atom. The second-order valence-corrected chi connectivity index (χ2v) is 4.88. The van der Waals surface area contributed by atoms with Crippen molar-refractivity contribution in [2.24, 2.45) is 0 Å². The van der Waals surface area contributed by atoms with Crippen LogP contribution in [0.15, 0.2) is 42.6 Å². The highest BCUT2D eigenvalue weighted by Crippen LogP contribution is 2.10. The van der Waals surface area contributed by atoms with Gasteiger partial charge in [0.15, 0.2) is 0 Å². The van der Waals surface area contributed by atoms with Crippen molar-refractivity contribution in [3.05, 3.63) is 59.5 Å². The summed E-state index contributed by atoms with van der Waals surface area (Å²) in [5, 5.41) is 3.17. The molecule has 1 aromatic heterocycles. The summed E-state index contributed by atoms with van der Waals surface area (Å²) in [5.74, 6) is 0.705. The number of pyridine rings is 1. The first-order valence-electron chi connectivity index (χ1n) is 6.79. The zero-order valence-corrected chi connectivity index (χ0v) is 11.9. The summed E-state index contributed by atoms with van der Waals surface area (Å²) in [5.41, 5.74) is 2.12. The number of hydrogen-bond acceptors (Lipinski definition) is 3. The molecule has 0 spiro atoms. The van der Waals surface area contributed by atoms with Crippen LogP contribution >= 0.6 is 0 Å². The number of nitrogens with zero attached hydrogens (tertiary/aromatic N) is 2. The molecule has 0 fully saturated rings. The van der Waals surface area contributed by atoms with E-state index in [-0.39, 0.29) is 5.82 Å². The monoisotopic (exact) mass is 273 g/mol. The van der Waals surface area contributed by atoms with Crippen LogP contribution in [-0.4, -0.2) is 23.5 Å². The summed E-state index contributed by atoms with van der Waals surface area (Å²) in [6, 6.07) is 10.8. The van der Waals surface area contributed by atoms with Gasteiger partial charge in [0, 0.05) is 25.8 Å². The number of benzene rings is 1. The van der Waals surface area contributed by atoms with Crippen LogP contribution in [0.4, 0.5) is 10.2 Å². The lowest BCUT2D eigenvalue weighted by molar-refractivity contribution is 0.318. The second kappa shape index (κ2) is 7.01. The summed E-state index contributed by atoms with van der Waals surface area (Å²) in [4.78, 5) is 6.48. The summed E-state index contributed by atoms with van der Waals surface area (Å²) in [6.45, 7) is 4.41. The van der Waals surface area contributed by atoms with Crippen molar-refractivity contribution in [3.63, 3.8) is 0 Å². The third-order valence-corrected chi connectivity index (χ3v) is 2.98. The standard InChI is InChI=1S/C16H20FN3/c1-3-18-16-8-7-14(10-19-16)12-20(2)11-13-5-4-6-15(17)9-13/h4-10H,3,11-12H2,1-2H3,(H,18,19). The normalized spacial score (nSPS) is 10.8. The molecule has 20 heavy (non-hydrogen) atoms. The molecule has 1 N–H and O–H groups in total. The second-order valence-electron chi connectivity index (χ2n) is 4.88. The predicted octanol–water partition coefficient (Wildman–Crippen LogP) is 3.28. The van der Waals surface area contributed by atoms with Crippen molar-refractivity contribution >= 4 is 5.82 Å². The SMILES string of the molecule is CCNc1ccc(CN(C)Cc2cccc(F)c2)cn1. The Bertz CT molecular complexity index is 540. The molecule has 2 aromatic rings. The van der Waals surface area contributed by atoms with Crippen molar-refractivity contribution in [1.82, 2.24) is 9.88 Å². The minimum absolute atomic E-state index is 0.187. The van der Waals surface area contributed by atoms with E-state index in [0.29, 0.717) is 6.54 Å². The number of nitrogens with one attached hydrogen (secondary N) is 1. The van der Waals surface area contributed by atoms with E-state index in [9.17, 15) is 4.39 Å². The van der Waals surface area contributed by atoms with Gasteiger partial charge in [-0.1, -0.05) is 18.2 Å². The minimum atomic E-state index is -0.187. The molecule has 0 unspecified atom stereocenters. The molecule has 1 aromatic carbocycles. The molecule has 1 heterocycles. The van der Waals surface area contributed by atoms with Crippen molar-refractivity contribution in [2.75, 3.05) is 18.9 Å². The zero-order valence-electron chi connectivity index (χ0n) is 11.9. The number of halogens is 1.